The van der Waals surface area contributed by atoms with Crippen molar-refractivity contribution in [2.75, 3.05) is 48.0 Å². The highest BCUT2D eigenvalue weighted by Gasteiger charge is 2.40. The number of rotatable bonds is 14. The van der Waals surface area contributed by atoms with Gasteiger partial charge in [-0.15, -0.1) is 0 Å². The Morgan fingerprint density at radius 1 is 0.918 bits per heavy atom. The third-order valence-corrected chi connectivity index (χ3v) is 10.4. The van der Waals surface area contributed by atoms with Crippen molar-refractivity contribution >= 4 is 31.5 Å². The molecule has 49 heavy (non-hydrogen) atoms. The molecule has 1 saturated carbocycles. The van der Waals surface area contributed by atoms with Crippen molar-refractivity contribution in [3.8, 4) is 11.6 Å². The number of aromatic nitrogens is 3. The average Bonchev–Trinajstić information content (AvgIpc) is 3.54. The molecule has 4 rings (SSSR count). The molecule has 0 atom stereocenters. The number of hydrogen-bond acceptors (Lipinski definition) is 10. The lowest BCUT2D eigenvalue weighted by molar-refractivity contribution is -0.143. The number of benzene rings is 1. The molecular formula is C30H35F6N5O6S2. The van der Waals surface area contributed by atoms with Crippen molar-refractivity contribution in [1.82, 2.24) is 15.0 Å². The molecule has 0 aliphatic heterocycles. The molecule has 2 aromatic heterocycles. The van der Waals surface area contributed by atoms with Gasteiger partial charge in [-0.05, 0) is 49.9 Å². The van der Waals surface area contributed by atoms with Crippen LogP contribution in [0.5, 0.6) is 11.6 Å². The molecule has 1 fully saturated rings. The zero-order valence-corrected chi connectivity index (χ0v) is 28.4. The number of alkyl halides is 6. The highest BCUT2D eigenvalue weighted by Crippen LogP contribution is 2.39. The van der Waals surface area contributed by atoms with E-state index in [0.717, 1.165) is 44.3 Å². The number of sulfone groups is 1. The van der Waals surface area contributed by atoms with Gasteiger partial charge in [0.1, 0.15) is 6.61 Å². The third kappa shape index (κ3) is 9.86. The number of sulfonamides is 1. The topological polar surface area (TPSA) is 132 Å². The minimum absolute atomic E-state index is 0.0713. The molecule has 0 amide bonds. The molecule has 0 spiro atoms. The predicted molar refractivity (Wildman–Crippen MR) is 168 cm³/mol. The standard InChI is InChI=1S/C30H35F6N5O6S2/c1-4-40(18-20-7-5-6-8-20)26-9-10-27(46-2)39-25(26)19-41(28-37-16-23(17-38-28)47-11-12-48(3,42)43)49(44,45)24-14-21(29(31,32)33)13-22(15-24)30(34,35)36/h9-10,13-17,20H,4-8,11-12,18-19H2,1-3H3. The largest absolute Gasteiger partial charge is 0.489 e. The highest BCUT2D eigenvalue weighted by molar-refractivity contribution is 7.92. The fourth-order valence-electron chi connectivity index (χ4n) is 5.32. The zero-order chi connectivity index (χ0) is 36.2. The average molecular weight is 740 g/mol. The summed E-state index contributed by atoms with van der Waals surface area (Å²) in [5.74, 6) is -0.639. The maximum atomic E-state index is 14.2. The molecule has 0 N–H and O–H groups in total. The maximum absolute atomic E-state index is 14.2. The lowest BCUT2D eigenvalue weighted by atomic mass is 10.1. The number of methoxy groups -OCH3 is 1. The van der Waals surface area contributed by atoms with Crippen LogP contribution in [0.4, 0.5) is 38.0 Å². The Kier molecular flexibility index (Phi) is 11.6. The predicted octanol–water partition coefficient (Wildman–Crippen LogP) is 5.75. The zero-order valence-electron chi connectivity index (χ0n) is 26.8. The van der Waals surface area contributed by atoms with E-state index in [0.29, 0.717) is 29.0 Å². The molecule has 19 heteroatoms. The fourth-order valence-corrected chi connectivity index (χ4v) is 7.11. The van der Waals surface area contributed by atoms with Gasteiger partial charge in [0.25, 0.3) is 10.0 Å². The molecule has 2 heterocycles. The van der Waals surface area contributed by atoms with Crippen molar-refractivity contribution < 1.29 is 52.7 Å². The summed E-state index contributed by atoms with van der Waals surface area (Å²) in [4.78, 5) is 13.1. The van der Waals surface area contributed by atoms with Gasteiger partial charge in [0, 0.05) is 25.4 Å². The number of halogens is 6. The SMILES string of the molecule is CCN(CC1CCCC1)c1ccc(OC)nc1CN(c1ncc(OCCS(C)(=O)=O)cn1)S(=O)(=O)c1cc(C(F)(F)F)cc(C(F)(F)F)c1. The van der Waals surface area contributed by atoms with Gasteiger partial charge < -0.3 is 14.4 Å². The van der Waals surface area contributed by atoms with Gasteiger partial charge in [0.05, 0.1) is 59.2 Å². The summed E-state index contributed by atoms with van der Waals surface area (Å²) in [6, 6.07) is 3.25. The molecule has 1 aliphatic rings. The second-order valence-corrected chi connectivity index (χ2v) is 15.6. The van der Waals surface area contributed by atoms with E-state index in [4.69, 9.17) is 9.47 Å². The summed E-state index contributed by atoms with van der Waals surface area (Å²) < 4.78 is 145. The number of ether oxygens (including phenoxy) is 2. The molecule has 1 aromatic carbocycles. The Hall–Kier alpha value is -3.87. The normalized spacial score (nSPS) is 14.6. The van der Waals surface area contributed by atoms with E-state index in [2.05, 4.69) is 15.0 Å². The van der Waals surface area contributed by atoms with Gasteiger partial charge in [-0.2, -0.15) is 26.3 Å². The van der Waals surface area contributed by atoms with E-state index < -0.39 is 60.7 Å². The first-order valence-electron chi connectivity index (χ1n) is 15.1. The first kappa shape index (κ1) is 37.9. The highest BCUT2D eigenvalue weighted by atomic mass is 32.2. The Bertz CT molecular complexity index is 1790. The Balaban J connectivity index is 1.86. The van der Waals surface area contributed by atoms with Crippen LogP contribution >= 0.6 is 0 Å². The van der Waals surface area contributed by atoms with Crippen molar-refractivity contribution in [2.24, 2.45) is 5.92 Å². The van der Waals surface area contributed by atoms with E-state index in [1.807, 2.05) is 11.8 Å². The number of anilines is 2. The summed E-state index contributed by atoms with van der Waals surface area (Å²) in [7, 11) is -7.34. The van der Waals surface area contributed by atoms with Gasteiger partial charge in [-0.1, -0.05) is 12.8 Å². The molecule has 0 bridgehead atoms. The Labute approximate surface area is 280 Å². The summed E-state index contributed by atoms with van der Waals surface area (Å²) >= 11 is 0. The Morgan fingerprint density at radius 3 is 2.02 bits per heavy atom. The summed E-state index contributed by atoms with van der Waals surface area (Å²) in [6.45, 7) is 1.94. The monoisotopic (exact) mass is 739 g/mol. The molecule has 1 aliphatic carbocycles. The summed E-state index contributed by atoms with van der Waals surface area (Å²) in [5, 5.41) is 0. The van der Waals surface area contributed by atoms with E-state index in [-0.39, 0.29) is 47.9 Å². The van der Waals surface area contributed by atoms with Gasteiger partial charge in [0.15, 0.2) is 15.6 Å². The van der Waals surface area contributed by atoms with Crippen molar-refractivity contribution in [2.45, 2.75) is 56.4 Å². The summed E-state index contributed by atoms with van der Waals surface area (Å²) in [6.07, 6.45) is -3.56. The lowest BCUT2D eigenvalue weighted by Crippen LogP contribution is -2.35. The van der Waals surface area contributed by atoms with Crippen LogP contribution < -0.4 is 18.7 Å². The van der Waals surface area contributed by atoms with Gasteiger partial charge in [-0.25, -0.2) is 36.1 Å². The van der Waals surface area contributed by atoms with Crippen LogP contribution in [0.1, 0.15) is 49.4 Å². The minimum Gasteiger partial charge on any atom is -0.489 e. The molecular weight excluding hydrogens is 704 g/mol. The molecule has 3 aromatic rings. The van der Waals surface area contributed by atoms with Crippen LogP contribution in [-0.4, -0.2) is 70.6 Å². The van der Waals surface area contributed by atoms with Crippen molar-refractivity contribution in [1.29, 1.82) is 0 Å². The fraction of sp³-hybridized carbons (Fsp3) is 0.500. The summed E-state index contributed by atoms with van der Waals surface area (Å²) in [5.41, 5.74) is -3.12. The van der Waals surface area contributed by atoms with E-state index >= 15 is 0 Å². The van der Waals surface area contributed by atoms with E-state index in [1.54, 1.807) is 12.1 Å². The second kappa shape index (κ2) is 14.9. The smallest absolute Gasteiger partial charge is 0.416 e. The number of pyridine rings is 1. The van der Waals surface area contributed by atoms with Crippen molar-refractivity contribution in [3.05, 3.63) is 59.5 Å². The van der Waals surface area contributed by atoms with Crippen LogP contribution in [0, 0.1) is 5.92 Å². The molecule has 0 saturated heterocycles. The number of nitrogens with zero attached hydrogens (tertiary/aromatic N) is 5. The van der Waals surface area contributed by atoms with Gasteiger partial charge in [-0.3, -0.25) is 0 Å². The molecule has 270 valence electrons. The van der Waals surface area contributed by atoms with Crippen LogP contribution in [0.15, 0.2) is 47.6 Å². The van der Waals surface area contributed by atoms with Gasteiger partial charge >= 0.3 is 12.4 Å². The van der Waals surface area contributed by atoms with Crippen LogP contribution in [0.2, 0.25) is 0 Å². The lowest BCUT2D eigenvalue weighted by Gasteiger charge is -2.30. The minimum atomic E-state index is -5.32. The molecule has 0 radical (unpaired) electrons. The first-order valence-corrected chi connectivity index (χ1v) is 18.6. The van der Waals surface area contributed by atoms with Crippen LogP contribution in [-0.2, 0) is 38.8 Å². The molecule has 11 nitrogen and oxygen atoms in total. The third-order valence-electron chi connectivity index (χ3n) is 7.81. The second-order valence-electron chi connectivity index (χ2n) is 11.5. The van der Waals surface area contributed by atoms with Crippen molar-refractivity contribution in [3.63, 3.8) is 0 Å². The number of hydrogen-bond donors (Lipinski definition) is 0. The van der Waals surface area contributed by atoms with Crippen LogP contribution in [0.25, 0.3) is 0 Å². The quantitative estimate of drug-likeness (QED) is 0.188. The van der Waals surface area contributed by atoms with E-state index in [1.165, 1.54) is 7.11 Å². The maximum Gasteiger partial charge on any atom is 0.416 e. The van der Waals surface area contributed by atoms with E-state index in [9.17, 15) is 43.2 Å². The van der Waals surface area contributed by atoms with Gasteiger partial charge in [0.2, 0.25) is 11.8 Å². The molecule has 0 unspecified atom stereocenters. The van der Waals surface area contributed by atoms with Crippen LogP contribution in [0.3, 0.4) is 0 Å². The first-order chi connectivity index (χ1) is 22.8. The Morgan fingerprint density at radius 2 is 1.51 bits per heavy atom.